The van der Waals surface area contributed by atoms with Crippen LogP contribution in [0.4, 0.5) is 18.0 Å². The average molecular weight is 538 g/mol. The Balaban J connectivity index is 1.32. The predicted octanol–water partition coefficient (Wildman–Crippen LogP) is 5.61. The van der Waals surface area contributed by atoms with Gasteiger partial charge in [-0.05, 0) is 35.2 Å². The molecular weight excluding hydrogens is 507 g/mol. The van der Waals surface area contributed by atoms with Gasteiger partial charge < -0.3 is 19.7 Å². The Morgan fingerprint density at radius 3 is 2.54 bits per heavy atom. The summed E-state index contributed by atoms with van der Waals surface area (Å²) in [5.41, 5.74) is 2.71. The molecule has 0 unspecified atom stereocenters. The van der Waals surface area contributed by atoms with Crippen LogP contribution in [0.3, 0.4) is 0 Å². The number of H-pyrrole nitrogens is 1. The van der Waals surface area contributed by atoms with Crippen molar-refractivity contribution >= 4 is 17.0 Å². The largest absolute Gasteiger partial charge is 0.445 e. The molecule has 6 nitrogen and oxygen atoms in total. The van der Waals surface area contributed by atoms with E-state index in [1.807, 2.05) is 65.7 Å². The van der Waals surface area contributed by atoms with E-state index in [0.717, 1.165) is 34.2 Å². The van der Waals surface area contributed by atoms with Crippen LogP contribution in [0.1, 0.15) is 22.3 Å². The second-order valence-corrected chi connectivity index (χ2v) is 9.86. The molecule has 1 aromatic heterocycles. The number of rotatable bonds is 8. The minimum Gasteiger partial charge on any atom is -0.445 e. The number of ether oxygens (including phenoxy) is 1. The highest BCUT2D eigenvalue weighted by Gasteiger charge is 2.38. The molecule has 2 N–H and O–H groups in total. The number of para-hydroxylation sites is 1. The number of aromatic nitrogens is 1. The number of aliphatic hydroxyl groups is 1. The highest BCUT2D eigenvalue weighted by molar-refractivity contribution is 5.83. The van der Waals surface area contributed by atoms with Crippen molar-refractivity contribution in [2.45, 2.75) is 37.9 Å². The number of halogens is 3. The van der Waals surface area contributed by atoms with E-state index in [0.29, 0.717) is 18.5 Å². The summed E-state index contributed by atoms with van der Waals surface area (Å²) in [5, 5.41) is 12.1. The third-order valence-corrected chi connectivity index (χ3v) is 7.17. The molecule has 0 spiro atoms. The maximum atomic E-state index is 13.4. The maximum absolute atomic E-state index is 13.4. The molecule has 0 saturated carbocycles. The average Bonchev–Trinajstić information content (AvgIpc) is 3.53. The molecule has 0 bridgehead atoms. The number of aliphatic hydroxyl groups excluding tert-OH is 1. The lowest BCUT2D eigenvalue weighted by molar-refractivity contribution is -0.137. The Morgan fingerprint density at radius 1 is 1.00 bits per heavy atom. The van der Waals surface area contributed by atoms with Gasteiger partial charge in [-0.1, -0.05) is 66.7 Å². The van der Waals surface area contributed by atoms with Crippen molar-refractivity contribution in [1.29, 1.82) is 0 Å². The monoisotopic (exact) mass is 537 g/mol. The van der Waals surface area contributed by atoms with Gasteiger partial charge in [0.2, 0.25) is 0 Å². The van der Waals surface area contributed by atoms with Crippen LogP contribution in [0.25, 0.3) is 10.9 Å². The van der Waals surface area contributed by atoms with Crippen LogP contribution < -0.4 is 0 Å². The fourth-order valence-corrected chi connectivity index (χ4v) is 5.13. The number of fused-ring (bicyclic) bond motifs is 1. The number of amides is 1. The first-order chi connectivity index (χ1) is 18.8. The molecule has 1 fully saturated rings. The number of nitrogens with zero attached hydrogens (tertiary/aromatic N) is 2. The van der Waals surface area contributed by atoms with Crippen LogP contribution in [0.15, 0.2) is 85.1 Å². The molecular formula is C30H30F3N3O3. The number of aromatic amines is 1. The Hall–Kier alpha value is -3.82. The normalized spacial score (nSPS) is 17.7. The number of β-amino-alcohol motifs (C(OH)–C–C–N with tert-alkyl or cyclic N) is 1. The summed E-state index contributed by atoms with van der Waals surface area (Å²) in [6.45, 7) is 1.09. The zero-order valence-corrected chi connectivity index (χ0v) is 21.3. The van der Waals surface area contributed by atoms with Crippen LogP contribution in [-0.4, -0.2) is 57.8 Å². The molecule has 0 aliphatic carbocycles. The topological polar surface area (TPSA) is 68.8 Å². The molecule has 3 aromatic carbocycles. The summed E-state index contributed by atoms with van der Waals surface area (Å²) >= 11 is 0. The summed E-state index contributed by atoms with van der Waals surface area (Å²) in [7, 11) is 0. The van der Waals surface area contributed by atoms with Gasteiger partial charge in [-0.3, -0.25) is 4.90 Å². The van der Waals surface area contributed by atoms with Gasteiger partial charge in [0.15, 0.2) is 0 Å². The first-order valence-corrected chi connectivity index (χ1v) is 12.9. The molecule has 1 aliphatic heterocycles. The lowest BCUT2D eigenvalue weighted by Crippen LogP contribution is -2.44. The number of carbonyl (C=O) groups excluding carboxylic acids is 1. The predicted molar refractivity (Wildman–Crippen MR) is 142 cm³/mol. The second kappa shape index (κ2) is 11.5. The molecule has 5 rings (SSSR count). The molecule has 0 radical (unpaired) electrons. The van der Waals surface area contributed by atoms with E-state index in [9.17, 15) is 23.1 Å². The van der Waals surface area contributed by atoms with Crippen molar-refractivity contribution in [3.63, 3.8) is 0 Å². The van der Waals surface area contributed by atoms with E-state index < -0.39 is 30.0 Å². The zero-order valence-electron chi connectivity index (χ0n) is 21.3. The zero-order chi connectivity index (χ0) is 27.4. The SMILES string of the molecule is O=C(OCc1ccccc1)N1C[C@@H](O)[C@H](N(CCc2c[nH]c3ccccc23)Cc2cccc(C(F)(F)F)c2)C1. The minimum absolute atomic E-state index is 0.0878. The van der Waals surface area contributed by atoms with Gasteiger partial charge in [-0.25, -0.2) is 4.79 Å². The van der Waals surface area contributed by atoms with Crippen LogP contribution in [0.2, 0.25) is 0 Å². The Bertz CT molecular complexity index is 1410. The van der Waals surface area contributed by atoms with E-state index in [2.05, 4.69) is 4.98 Å². The van der Waals surface area contributed by atoms with E-state index >= 15 is 0 Å². The van der Waals surface area contributed by atoms with Crippen LogP contribution in [0.5, 0.6) is 0 Å². The van der Waals surface area contributed by atoms with Crippen LogP contribution >= 0.6 is 0 Å². The first kappa shape index (κ1) is 26.8. The highest BCUT2D eigenvalue weighted by atomic mass is 19.4. The molecule has 4 aromatic rings. The number of benzene rings is 3. The second-order valence-electron chi connectivity index (χ2n) is 9.86. The number of hydrogen-bond donors (Lipinski definition) is 2. The van der Waals surface area contributed by atoms with Gasteiger partial charge in [0.05, 0.1) is 24.3 Å². The van der Waals surface area contributed by atoms with E-state index in [1.165, 1.54) is 11.0 Å². The van der Waals surface area contributed by atoms with Crippen molar-refractivity contribution < 1.29 is 27.8 Å². The molecule has 9 heteroatoms. The highest BCUT2D eigenvalue weighted by Crippen LogP contribution is 2.30. The number of carbonyl (C=O) groups is 1. The first-order valence-electron chi connectivity index (χ1n) is 12.9. The number of nitrogens with one attached hydrogen (secondary N) is 1. The summed E-state index contributed by atoms with van der Waals surface area (Å²) in [5.74, 6) is 0. The Kier molecular flexibility index (Phi) is 7.90. The number of hydrogen-bond acceptors (Lipinski definition) is 4. The third kappa shape index (κ3) is 6.43. The molecule has 2 heterocycles. The van der Waals surface area contributed by atoms with Gasteiger partial charge in [-0.2, -0.15) is 13.2 Å². The minimum atomic E-state index is -4.45. The molecule has 204 valence electrons. The van der Waals surface area contributed by atoms with Gasteiger partial charge in [0, 0.05) is 36.7 Å². The summed E-state index contributed by atoms with van der Waals surface area (Å²) in [6.07, 6.45) is -3.30. The lowest BCUT2D eigenvalue weighted by atomic mass is 10.1. The molecule has 1 aliphatic rings. The van der Waals surface area contributed by atoms with Crippen molar-refractivity contribution in [1.82, 2.24) is 14.8 Å². The van der Waals surface area contributed by atoms with Gasteiger partial charge in [-0.15, -0.1) is 0 Å². The summed E-state index contributed by atoms with van der Waals surface area (Å²) in [4.78, 5) is 19.5. The molecule has 1 amide bonds. The quantitative estimate of drug-likeness (QED) is 0.307. The Morgan fingerprint density at radius 2 is 1.74 bits per heavy atom. The Labute approximate surface area is 224 Å². The van der Waals surface area contributed by atoms with Crippen molar-refractivity contribution in [3.05, 3.63) is 107 Å². The van der Waals surface area contributed by atoms with Gasteiger partial charge in [0.1, 0.15) is 6.61 Å². The van der Waals surface area contributed by atoms with Crippen molar-refractivity contribution in [2.75, 3.05) is 19.6 Å². The van der Waals surface area contributed by atoms with Gasteiger partial charge >= 0.3 is 12.3 Å². The smallest absolute Gasteiger partial charge is 0.416 e. The lowest BCUT2D eigenvalue weighted by Gasteiger charge is -2.31. The van der Waals surface area contributed by atoms with Crippen molar-refractivity contribution in [2.24, 2.45) is 0 Å². The summed E-state index contributed by atoms with van der Waals surface area (Å²) in [6, 6.07) is 22.0. The summed E-state index contributed by atoms with van der Waals surface area (Å²) < 4.78 is 45.6. The standard InChI is InChI=1S/C30H30F3N3O3/c31-30(32,33)24-10-6-9-22(15-24)17-35(14-13-23-16-34-26-12-5-4-11-25(23)26)27-18-36(19-28(27)37)29(38)39-20-21-7-2-1-3-8-21/h1-12,15-16,27-28,34,37H,13-14,17-20H2/t27-,28-/m1/s1. The van der Waals surface area contributed by atoms with E-state index in [1.54, 1.807) is 6.07 Å². The maximum Gasteiger partial charge on any atom is 0.416 e. The molecule has 39 heavy (non-hydrogen) atoms. The van der Waals surface area contributed by atoms with E-state index in [-0.39, 0.29) is 26.2 Å². The van der Waals surface area contributed by atoms with Gasteiger partial charge in [0.25, 0.3) is 0 Å². The number of alkyl halides is 3. The van der Waals surface area contributed by atoms with E-state index in [4.69, 9.17) is 4.74 Å². The van der Waals surface area contributed by atoms with Crippen molar-refractivity contribution in [3.8, 4) is 0 Å². The van der Waals surface area contributed by atoms with Crippen LogP contribution in [-0.2, 0) is 30.5 Å². The molecule has 2 atom stereocenters. The third-order valence-electron chi connectivity index (χ3n) is 7.17. The van der Waals surface area contributed by atoms with Crippen LogP contribution in [0, 0.1) is 0 Å². The molecule has 1 saturated heterocycles. The number of likely N-dealkylation sites (tertiary alicyclic amines) is 1. The fourth-order valence-electron chi connectivity index (χ4n) is 5.13. The fraction of sp³-hybridized carbons (Fsp3) is 0.300.